The zero-order chi connectivity index (χ0) is 29.6. The van der Waals surface area contributed by atoms with Gasteiger partial charge >= 0.3 is 0 Å². The second-order valence-corrected chi connectivity index (χ2v) is 11.0. The monoisotopic (exact) mass is 609 g/mol. The molecule has 3 fully saturated rings. The minimum Gasteiger partial charge on any atom is -0.496 e. The average molecular weight is 610 g/mol. The Balaban J connectivity index is 0.000000470. The lowest BCUT2D eigenvalue weighted by Crippen LogP contribution is -2.51. The summed E-state index contributed by atoms with van der Waals surface area (Å²) < 4.78 is 21.7. The number of carbonyl (C=O) groups is 4. The summed E-state index contributed by atoms with van der Waals surface area (Å²) in [7, 11) is 1.44. The molecule has 3 heterocycles. The van der Waals surface area contributed by atoms with Crippen LogP contribution in [0.4, 0.5) is 5.69 Å². The zero-order valence-electron chi connectivity index (χ0n) is 22.4. The Bertz CT molecular complexity index is 1540. The van der Waals surface area contributed by atoms with Gasteiger partial charge in [0.1, 0.15) is 11.9 Å². The van der Waals surface area contributed by atoms with E-state index in [9.17, 15) is 19.2 Å². The first kappa shape index (κ1) is 28.5. The van der Waals surface area contributed by atoms with E-state index in [1.54, 1.807) is 42.5 Å². The molecule has 3 atom stereocenters. The van der Waals surface area contributed by atoms with Gasteiger partial charge in [0.25, 0.3) is 0 Å². The van der Waals surface area contributed by atoms with E-state index in [1.165, 1.54) is 31.4 Å². The quantitative estimate of drug-likeness (QED) is 0.310. The maximum atomic E-state index is 13.9. The number of methoxy groups -OCH3 is 1. The summed E-state index contributed by atoms with van der Waals surface area (Å²) in [5, 5.41) is 0.765. The van der Waals surface area contributed by atoms with Gasteiger partial charge in [-0.05, 0) is 42.5 Å². The molecule has 1 aliphatic carbocycles. The van der Waals surface area contributed by atoms with Gasteiger partial charge in [-0.1, -0.05) is 47.5 Å². The smallest absolute Gasteiger partial charge is 0.241 e. The van der Waals surface area contributed by atoms with Crippen LogP contribution in [-0.2, 0) is 23.8 Å². The second kappa shape index (κ2) is 11.2. The molecule has 0 saturated carbocycles. The number of hydrogen-bond donors (Lipinski definition) is 0. The highest BCUT2D eigenvalue weighted by Crippen LogP contribution is 2.58. The molecule has 3 aromatic carbocycles. The number of imide groups is 1. The fourth-order valence-electron chi connectivity index (χ4n) is 6.01. The third kappa shape index (κ3) is 4.44. The van der Waals surface area contributed by atoms with Gasteiger partial charge in [0, 0.05) is 26.7 Å². The molecule has 3 saturated heterocycles. The zero-order valence-corrected chi connectivity index (χ0v) is 23.9. The van der Waals surface area contributed by atoms with Gasteiger partial charge in [-0.25, -0.2) is 4.90 Å². The summed E-state index contributed by atoms with van der Waals surface area (Å²) in [4.78, 5) is 56.4. The van der Waals surface area contributed by atoms with Crippen molar-refractivity contribution in [3.8, 4) is 5.75 Å². The van der Waals surface area contributed by atoms with Gasteiger partial charge < -0.3 is 18.9 Å². The molecule has 11 heteroatoms. The number of anilines is 1. The van der Waals surface area contributed by atoms with Crippen molar-refractivity contribution in [2.75, 3.05) is 38.4 Å². The van der Waals surface area contributed by atoms with E-state index in [4.69, 9.17) is 42.1 Å². The SMILES string of the molecule is C1COCCO1.COc1ccc(Cl)cc1C1OC2(C(=O)c3ccccc3C2=O)C2C(=O)N(c3ccc(Cl)cc3)C(=O)C12. The number of ketones is 2. The number of hydrogen-bond acceptors (Lipinski definition) is 8. The number of amides is 2. The second-order valence-electron chi connectivity index (χ2n) is 10.1. The predicted octanol–water partition coefficient (Wildman–Crippen LogP) is 4.73. The molecular weight excluding hydrogens is 585 g/mol. The van der Waals surface area contributed by atoms with Crippen molar-refractivity contribution in [2.45, 2.75) is 11.7 Å². The first-order valence-electron chi connectivity index (χ1n) is 13.3. The van der Waals surface area contributed by atoms with Crippen molar-refractivity contribution in [3.63, 3.8) is 0 Å². The third-order valence-electron chi connectivity index (χ3n) is 7.85. The summed E-state index contributed by atoms with van der Waals surface area (Å²) in [5.74, 6) is -4.75. The number of fused-ring (bicyclic) bond motifs is 3. The Kier molecular flexibility index (Phi) is 7.63. The summed E-state index contributed by atoms with van der Waals surface area (Å²) in [5.41, 5.74) is -1.21. The van der Waals surface area contributed by atoms with Crippen LogP contribution >= 0.6 is 23.2 Å². The molecule has 1 spiro atoms. The Hall–Kier alpha value is -3.60. The molecule has 3 unspecified atom stereocenters. The number of Topliss-reactive ketones (excluding diaryl/α,β-unsaturated/α-hetero) is 2. The van der Waals surface area contributed by atoms with Crippen LogP contribution in [0.15, 0.2) is 66.7 Å². The van der Waals surface area contributed by atoms with Crippen molar-refractivity contribution in [1.82, 2.24) is 0 Å². The predicted molar refractivity (Wildman–Crippen MR) is 152 cm³/mol. The number of rotatable bonds is 3. The molecule has 7 rings (SSSR count). The topological polar surface area (TPSA) is 108 Å². The summed E-state index contributed by atoms with van der Waals surface area (Å²) in [6.07, 6.45) is -1.14. The molecule has 9 nitrogen and oxygen atoms in total. The molecule has 216 valence electrons. The lowest BCUT2D eigenvalue weighted by atomic mass is 9.77. The van der Waals surface area contributed by atoms with Crippen LogP contribution in [0.1, 0.15) is 32.4 Å². The van der Waals surface area contributed by atoms with Crippen LogP contribution in [-0.4, -0.2) is 62.5 Å². The lowest BCUT2D eigenvalue weighted by Gasteiger charge is -2.27. The number of halogens is 2. The van der Waals surface area contributed by atoms with Crippen LogP contribution in [0.3, 0.4) is 0 Å². The van der Waals surface area contributed by atoms with E-state index in [2.05, 4.69) is 0 Å². The number of ether oxygens (including phenoxy) is 4. The molecule has 2 amide bonds. The largest absolute Gasteiger partial charge is 0.496 e. The normalized spacial score (nSPS) is 24.0. The van der Waals surface area contributed by atoms with Gasteiger partial charge in [-0.3, -0.25) is 19.2 Å². The van der Waals surface area contributed by atoms with Crippen molar-refractivity contribution in [2.24, 2.45) is 11.8 Å². The maximum Gasteiger partial charge on any atom is 0.241 e. The van der Waals surface area contributed by atoms with Crippen molar-refractivity contribution in [3.05, 3.63) is 93.5 Å². The van der Waals surface area contributed by atoms with Crippen molar-refractivity contribution in [1.29, 1.82) is 0 Å². The van der Waals surface area contributed by atoms with Crippen molar-refractivity contribution < 1.29 is 38.1 Å². The van der Waals surface area contributed by atoms with E-state index >= 15 is 0 Å². The Morgan fingerprint density at radius 1 is 0.786 bits per heavy atom. The molecule has 0 radical (unpaired) electrons. The fraction of sp³-hybridized carbons (Fsp3) is 0.290. The number of benzene rings is 3. The van der Waals surface area contributed by atoms with Crippen LogP contribution in [0.25, 0.3) is 0 Å². The Morgan fingerprint density at radius 2 is 1.36 bits per heavy atom. The highest BCUT2D eigenvalue weighted by Gasteiger charge is 2.75. The van der Waals surface area contributed by atoms with Crippen LogP contribution in [0, 0.1) is 11.8 Å². The third-order valence-corrected chi connectivity index (χ3v) is 8.33. The van der Waals surface area contributed by atoms with Gasteiger partial charge in [0.15, 0.2) is 0 Å². The van der Waals surface area contributed by atoms with Gasteiger partial charge in [0.05, 0.1) is 51.1 Å². The minimum absolute atomic E-state index is 0.158. The number of carbonyl (C=O) groups excluding carboxylic acids is 4. The standard InChI is InChI=1S/C27H17Cl2NO6.C4H8O2/c1-35-19-11-8-14(29)12-18(19)22-20-21(26(34)30(25(20)33)15-9-6-13(28)7-10-15)27(36-22)23(31)16-4-2-3-5-17(16)24(27)32;1-2-6-4-3-5-1/h2-12,20-22H,1H3;1-4H2. The first-order valence-corrected chi connectivity index (χ1v) is 14.0. The minimum atomic E-state index is -2.18. The Morgan fingerprint density at radius 3 is 1.90 bits per heavy atom. The molecule has 0 N–H and O–H groups in total. The summed E-state index contributed by atoms with van der Waals surface area (Å²) in [6.45, 7) is 3.11. The van der Waals surface area contributed by atoms with Crippen LogP contribution < -0.4 is 9.64 Å². The van der Waals surface area contributed by atoms with Gasteiger partial charge in [0.2, 0.25) is 29.0 Å². The van der Waals surface area contributed by atoms with Gasteiger partial charge in [-0.15, -0.1) is 0 Å². The summed E-state index contributed by atoms with van der Waals surface area (Å²) in [6, 6.07) is 17.3. The number of nitrogens with zero attached hydrogens (tertiary/aromatic N) is 1. The molecule has 0 bridgehead atoms. The first-order chi connectivity index (χ1) is 20.3. The lowest BCUT2D eigenvalue weighted by molar-refractivity contribution is -0.127. The molecule has 42 heavy (non-hydrogen) atoms. The van der Waals surface area contributed by atoms with E-state index in [0.29, 0.717) is 21.4 Å². The maximum absolute atomic E-state index is 13.9. The molecule has 0 aromatic heterocycles. The summed E-state index contributed by atoms with van der Waals surface area (Å²) >= 11 is 12.3. The fourth-order valence-corrected chi connectivity index (χ4v) is 6.32. The van der Waals surface area contributed by atoms with Crippen LogP contribution in [0.2, 0.25) is 10.0 Å². The molecule has 3 aliphatic heterocycles. The van der Waals surface area contributed by atoms with E-state index in [1.807, 2.05) is 0 Å². The van der Waals surface area contributed by atoms with E-state index in [0.717, 1.165) is 31.3 Å². The molecule has 3 aromatic rings. The highest BCUT2D eigenvalue weighted by atomic mass is 35.5. The highest BCUT2D eigenvalue weighted by molar-refractivity contribution is 6.37. The van der Waals surface area contributed by atoms with Crippen LogP contribution in [0.5, 0.6) is 5.75 Å². The molecule has 4 aliphatic rings. The van der Waals surface area contributed by atoms with Gasteiger partial charge in [-0.2, -0.15) is 0 Å². The van der Waals surface area contributed by atoms with Crippen molar-refractivity contribution >= 4 is 52.3 Å². The Labute approximate surface area is 251 Å². The average Bonchev–Trinajstić information content (AvgIpc) is 3.58. The van der Waals surface area contributed by atoms with E-state index < -0.39 is 46.9 Å². The van der Waals surface area contributed by atoms with E-state index in [-0.39, 0.29) is 16.8 Å². The molecular formula is C31H25Cl2NO8.